The number of alkyl halides is 3. The van der Waals surface area contributed by atoms with Crippen LogP contribution in [0, 0.1) is 6.92 Å². The van der Waals surface area contributed by atoms with Crippen LogP contribution in [0.1, 0.15) is 15.4 Å². The maximum absolute atomic E-state index is 12.9. The number of guanidine groups is 1. The van der Waals surface area contributed by atoms with E-state index in [9.17, 15) is 13.2 Å². The molecule has 1 aromatic heterocycles. The molecule has 0 bridgehead atoms. The normalized spacial score (nSPS) is 15.4. The van der Waals surface area contributed by atoms with Crippen molar-refractivity contribution in [2.24, 2.45) is 4.99 Å². The van der Waals surface area contributed by atoms with E-state index in [1.165, 1.54) is 12.1 Å². The molecule has 1 N–H and O–H groups in total. The zero-order valence-electron chi connectivity index (χ0n) is 15.7. The van der Waals surface area contributed by atoms with Gasteiger partial charge in [-0.3, -0.25) is 4.99 Å². The molecule has 3 rings (SSSR count). The largest absolute Gasteiger partial charge is 0.416 e. The molecule has 0 amide bonds. The zero-order valence-corrected chi connectivity index (χ0v) is 18.8. The maximum Gasteiger partial charge on any atom is 0.416 e. The second kappa shape index (κ2) is 9.77. The van der Waals surface area contributed by atoms with Crippen LogP contribution in [0.15, 0.2) is 35.5 Å². The predicted octanol–water partition coefficient (Wildman–Crippen LogP) is 3.99. The number of aromatic nitrogens is 1. The predicted molar refractivity (Wildman–Crippen MR) is 118 cm³/mol. The highest BCUT2D eigenvalue weighted by Crippen LogP contribution is 2.31. The van der Waals surface area contributed by atoms with Gasteiger partial charge >= 0.3 is 6.18 Å². The van der Waals surface area contributed by atoms with Gasteiger partial charge in [-0.15, -0.1) is 35.3 Å². The molecule has 0 spiro atoms. The lowest BCUT2D eigenvalue weighted by Crippen LogP contribution is -2.52. The van der Waals surface area contributed by atoms with Crippen molar-refractivity contribution in [3.05, 3.63) is 45.9 Å². The van der Waals surface area contributed by atoms with Crippen LogP contribution < -0.4 is 10.2 Å². The van der Waals surface area contributed by atoms with E-state index in [1.54, 1.807) is 24.5 Å². The molecule has 0 radical (unpaired) electrons. The van der Waals surface area contributed by atoms with Crippen LogP contribution in [-0.2, 0) is 12.7 Å². The lowest BCUT2D eigenvalue weighted by atomic mass is 10.1. The standard InChI is InChI=1S/C18H22F3N5S.HI/c1-13-11-23-16(27-13)12-24-17(22-2)26-8-6-25(7-9-26)15-5-3-4-14(10-15)18(19,20)21;/h3-5,10-11H,6-9,12H2,1-2H3,(H,22,24);1H. The zero-order chi connectivity index (χ0) is 19.4. The quantitative estimate of drug-likeness (QED) is 0.374. The summed E-state index contributed by atoms with van der Waals surface area (Å²) in [6.07, 6.45) is -2.48. The fourth-order valence-electron chi connectivity index (χ4n) is 3.03. The van der Waals surface area contributed by atoms with Crippen molar-refractivity contribution in [1.82, 2.24) is 15.2 Å². The highest BCUT2D eigenvalue weighted by atomic mass is 127. The van der Waals surface area contributed by atoms with Crippen molar-refractivity contribution >= 4 is 47.0 Å². The molecule has 1 saturated heterocycles. The Morgan fingerprint density at radius 2 is 1.96 bits per heavy atom. The minimum Gasteiger partial charge on any atom is -0.368 e. The first kappa shape index (κ1) is 22.7. The van der Waals surface area contributed by atoms with Gasteiger partial charge < -0.3 is 15.1 Å². The van der Waals surface area contributed by atoms with Crippen LogP contribution in [0.4, 0.5) is 18.9 Å². The molecule has 2 aromatic rings. The Balaban J connectivity index is 0.00000280. The Hall–Kier alpha value is -1.56. The number of anilines is 1. The van der Waals surface area contributed by atoms with Crippen LogP contribution >= 0.6 is 35.3 Å². The number of hydrogen-bond donors (Lipinski definition) is 1. The number of aryl methyl sites for hydroxylation is 1. The number of hydrogen-bond acceptors (Lipinski definition) is 4. The van der Waals surface area contributed by atoms with Gasteiger partial charge in [0.25, 0.3) is 0 Å². The van der Waals surface area contributed by atoms with Crippen molar-refractivity contribution in [2.45, 2.75) is 19.6 Å². The lowest BCUT2D eigenvalue weighted by Gasteiger charge is -2.37. The number of piperazine rings is 1. The number of halogens is 4. The second-order valence-electron chi connectivity index (χ2n) is 6.29. The van der Waals surface area contributed by atoms with Crippen molar-refractivity contribution < 1.29 is 13.2 Å². The fraction of sp³-hybridized carbons (Fsp3) is 0.444. The van der Waals surface area contributed by atoms with Crippen LogP contribution in [0.5, 0.6) is 0 Å². The van der Waals surface area contributed by atoms with Crippen molar-refractivity contribution in [1.29, 1.82) is 0 Å². The van der Waals surface area contributed by atoms with Gasteiger partial charge in [0.2, 0.25) is 0 Å². The SMILES string of the molecule is CN=C(NCc1ncc(C)s1)N1CCN(c2cccc(C(F)(F)F)c2)CC1.I. The third kappa shape index (κ3) is 5.72. The number of benzene rings is 1. The van der Waals surface area contributed by atoms with Gasteiger partial charge in [0, 0.05) is 50.0 Å². The molecule has 1 aliphatic heterocycles. The number of rotatable bonds is 3. The molecule has 0 unspecified atom stereocenters. The van der Waals surface area contributed by atoms with E-state index >= 15 is 0 Å². The number of aliphatic imine (C=N–C) groups is 1. The molecule has 1 aromatic carbocycles. The van der Waals surface area contributed by atoms with Crippen molar-refractivity contribution in [3.63, 3.8) is 0 Å². The average molecular weight is 525 g/mol. The van der Waals surface area contributed by atoms with Gasteiger partial charge in [-0.1, -0.05) is 6.07 Å². The Morgan fingerprint density at radius 3 is 2.54 bits per heavy atom. The highest BCUT2D eigenvalue weighted by Gasteiger charge is 2.31. The monoisotopic (exact) mass is 525 g/mol. The summed E-state index contributed by atoms with van der Waals surface area (Å²) in [5, 5.41) is 4.31. The third-order valence-electron chi connectivity index (χ3n) is 4.40. The molecule has 1 fully saturated rings. The summed E-state index contributed by atoms with van der Waals surface area (Å²) in [5.41, 5.74) is -0.00988. The molecule has 10 heteroatoms. The van der Waals surface area contributed by atoms with E-state index in [4.69, 9.17) is 0 Å². The van der Waals surface area contributed by atoms with Crippen molar-refractivity contribution in [2.75, 3.05) is 38.1 Å². The molecule has 154 valence electrons. The molecular weight excluding hydrogens is 502 g/mol. The Kier molecular flexibility index (Phi) is 7.93. The van der Waals surface area contributed by atoms with Crippen LogP contribution in [-0.4, -0.2) is 49.1 Å². The first-order chi connectivity index (χ1) is 12.9. The summed E-state index contributed by atoms with van der Waals surface area (Å²) < 4.78 is 38.8. The molecule has 5 nitrogen and oxygen atoms in total. The Morgan fingerprint density at radius 1 is 1.25 bits per heavy atom. The number of nitrogens with one attached hydrogen (secondary N) is 1. The fourth-order valence-corrected chi connectivity index (χ4v) is 3.75. The van der Waals surface area contributed by atoms with Gasteiger partial charge in [0.1, 0.15) is 5.01 Å². The second-order valence-corrected chi connectivity index (χ2v) is 7.61. The van der Waals surface area contributed by atoms with Gasteiger partial charge in [0.05, 0.1) is 12.1 Å². The molecule has 1 aliphatic rings. The number of nitrogens with zero attached hydrogens (tertiary/aromatic N) is 4. The lowest BCUT2D eigenvalue weighted by molar-refractivity contribution is -0.137. The molecule has 28 heavy (non-hydrogen) atoms. The summed E-state index contributed by atoms with van der Waals surface area (Å²) in [7, 11) is 1.73. The first-order valence-corrected chi connectivity index (χ1v) is 9.47. The van der Waals surface area contributed by atoms with E-state index < -0.39 is 11.7 Å². The van der Waals surface area contributed by atoms with E-state index in [0.717, 1.165) is 21.9 Å². The minimum absolute atomic E-state index is 0. The molecule has 0 atom stereocenters. The highest BCUT2D eigenvalue weighted by molar-refractivity contribution is 14.0. The Labute approximate surface area is 183 Å². The van der Waals surface area contributed by atoms with E-state index in [-0.39, 0.29) is 24.0 Å². The minimum atomic E-state index is -4.32. The summed E-state index contributed by atoms with van der Waals surface area (Å²) in [4.78, 5) is 13.9. The van der Waals surface area contributed by atoms with Crippen molar-refractivity contribution in [3.8, 4) is 0 Å². The van der Waals surface area contributed by atoms with E-state index in [1.807, 2.05) is 18.0 Å². The summed E-state index contributed by atoms with van der Waals surface area (Å²) in [6.45, 7) is 5.28. The van der Waals surface area contributed by atoms with Crippen LogP contribution in [0.3, 0.4) is 0 Å². The number of thiazole rings is 1. The summed E-state index contributed by atoms with van der Waals surface area (Å²) in [6, 6.07) is 5.50. The smallest absolute Gasteiger partial charge is 0.368 e. The third-order valence-corrected chi connectivity index (χ3v) is 5.31. The van der Waals surface area contributed by atoms with Gasteiger partial charge in [-0.05, 0) is 25.1 Å². The maximum atomic E-state index is 12.9. The first-order valence-electron chi connectivity index (χ1n) is 8.66. The molecular formula is C18H23F3IN5S. The molecule has 2 heterocycles. The molecule has 0 saturated carbocycles. The van der Waals surface area contributed by atoms with Gasteiger partial charge in [0.15, 0.2) is 5.96 Å². The average Bonchev–Trinajstić information content (AvgIpc) is 3.07. The van der Waals surface area contributed by atoms with Crippen LogP contribution in [0.25, 0.3) is 0 Å². The van der Waals surface area contributed by atoms with E-state index in [0.29, 0.717) is 38.4 Å². The molecule has 0 aliphatic carbocycles. The van der Waals surface area contributed by atoms with Gasteiger partial charge in [-0.2, -0.15) is 13.2 Å². The summed E-state index contributed by atoms with van der Waals surface area (Å²) in [5.74, 6) is 0.784. The topological polar surface area (TPSA) is 43.8 Å². The summed E-state index contributed by atoms with van der Waals surface area (Å²) >= 11 is 1.64. The van der Waals surface area contributed by atoms with E-state index in [2.05, 4.69) is 20.2 Å². The van der Waals surface area contributed by atoms with Gasteiger partial charge in [-0.25, -0.2) is 4.98 Å². The Bertz CT molecular complexity index is 801. The van der Waals surface area contributed by atoms with Crippen LogP contribution in [0.2, 0.25) is 0 Å².